The largest absolute Gasteiger partial charge is 0.416 e. The fourth-order valence-corrected chi connectivity index (χ4v) is 4.73. The van der Waals surface area contributed by atoms with Crippen LogP contribution in [0.15, 0.2) is 54.7 Å². The minimum Gasteiger partial charge on any atom is -0.370 e. The molecule has 0 aliphatic heterocycles. The first-order chi connectivity index (χ1) is 19.2. The molecule has 1 atom stereocenters. The number of unbranched alkanes of at least 4 members (excludes halogenated alkanes) is 2. The normalized spacial score (nSPS) is 12.5. The van der Waals surface area contributed by atoms with E-state index >= 15 is 0 Å². The molecule has 0 saturated carbocycles. The van der Waals surface area contributed by atoms with E-state index in [4.69, 9.17) is 5.73 Å². The third-order valence-electron chi connectivity index (χ3n) is 6.81. The van der Waals surface area contributed by atoms with Crippen LogP contribution in [0.2, 0.25) is 0 Å². The van der Waals surface area contributed by atoms with Gasteiger partial charge in [0.05, 0.1) is 34.5 Å². The molecule has 212 valence electrons. The zero-order valence-corrected chi connectivity index (χ0v) is 22.3. The van der Waals surface area contributed by atoms with E-state index in [1.807, 2.05) is 31.2 Å². The van der Waals surface area contributed by atoms with Crippen LogP contribution in [-0.2, 0) is 28.7 Å². The van der Waals surface area contributed by atoms with Crippen molar-refractivity contribution < 1.29 is 22.8 Å². The van der Waals surface area contributed by atoms with E-state index in [9.17, 15) is 22.8 Å². The van der Waals surface area contributed by atoms with E-state index in [0.717, 1.165) is 48.3 Å². The number of nitrogens with one attached hydrogen (secondary N) is 2. The lowest BCUT2D eigenvalue weighted by Crippen LogP contribution is -2.30. The minimum atomic E-state index is -4.41. The van der Waals surface area contributed by atoms with Gasteiger partial charge in [0, 0.05) is 25.8 Å². The molecule has 0 bridgehead atoms. The summed E-state index contributed by atoms with van der Waals surface area (Å²) >= 11 is 0. The van der Waals surface area contributed by atoms with Crippen molar-refractivity contribution in [2.45, 2.75) is 70.6 Å². The lowest BCUT2D eigenvalue weighted by atomic mass is 10.1. The number of aromatic nitrogens is 4. The van der Waals surface area contributed by atoms with Gasteiger partial charge in [0.25, 0.3) is 0 Å². The van der Waals surface area contributed by atoms with Crippen molar-refractivity contribution in [3.05, 3.63) is 71.9 Å². The van der Waals surface area contributed by atoms with Gasteiger partial charge in [0.15, 0.2) is 0 Å². The summed E-state index contributed by atoms with van der Waals surface area (Å²) in [6.07, 6.45) is 1.11. The Morgan fingerprint density at radius 2 is 1.80 bits per heavy atom. The Morgan fingerprint density at radius 3 is 2.50 bits per heavy atom. The molecule has 2 aromatic heterocycles. The van der Waals surface area contributed by atoms with Crippen molar-refractivity contribution in [1.82, 2.24) is 24.8 Å². The average molecular weight is 555 g/mol. The highest BCUT2D eigenvalue weighted by molar-refractivity contribution is 5.78. The van der Waals surface area contributed by atoms with Crippen molar-refractivity contribution in [2.75, 3.05) is 0 Å². The van der Waals surface area contributed by atoms with E-state index in [-0.39, 0.29) is 18.2 Å². The number of halogens is 3. The Labute approximate surface area is 230 Å². The summed E-state index contributed by atoms with van der Waals surface area (Å²) in [5.41, 5.74) is 7.47. The maximum absolute atomic E-state index is 13.1. The number of rotatable bonds is 13. The SMILES string of the molecule is CCc1nc2ccccc2n1CCC(=O)N[C@@H](CCCCCC(N)=O)c1ncc(-c2ccc(C(F)(F)F)cc2)[nH]1. The third kappa shape index (κ3) is 7.28. The number of aryl methyl sites for hydroxylation is 2. The molecule has 0 radical (unpaired) electrons. The minimum absolute atomic E-state index is 0.158. The maximum Gasteiger partial charge on any atom is 0.416 e. The topological polar surface area (TPSA) is 119 Å². The van der Waals surface area contributed by atoms with E-state index in [1.165, 1.54) is 12.1 Å². The van der Waals surface area contributed by atoms with E-state index in [1.54, 1.807) is 6.20 Å². The highest BCUT2D eigenvalue weighted by Crippen LogP contribution is 2.31. The number of fused-ring (bicyclic) bond motifs is 1. The fourth-order valence-electron chi connectivity index (χ4n) is 4.73. The molecular formula is C29H33F3N6O2. The highest BCUT2D eigenvalue weighted by Gasteiger charge is 2.30. The van der Waals surface area contributed by atoms with Gasteiger partial charge in [0.1, 0.15) is 11.6 Å². The molecule has 11 heteroatoms. The molecule has 0 spiro atoms. The lowest BCUT2D eigenvalue weighted by Gasteiger charge is -2.17. The first-order valence-electron chi connectivity index (χ1n) is 13.4. The molecular weight excluding hydrogens is 521 g/mol. The van der Waals surface area contributed by atoms with Gasteiger partial charge in [-0.1, -0.05) is 44.0 Å². The number of carbonyl (C=O) groups excluding carboxylic acids is 2. The van der Waals surface area contributed by atoms with Crippen LogP contribution in [0.25, 0.3) is 22.3 Å². The van der Waals surface area contributed by atoms with Gasteiger partial charge in [0.2, 0.25) is 11.8 Å². The number of aromatic amines is 1. The fraction of sp³-hybridized carbons (Fsp3) is 0.379. The summed E-state index contributed by atoms with van der Waals surface area (Å²) in [5.74, 6) is 0.915. The number of nitrogens with two attached hydrogens (primary N) is 1. The van der Waals surface area contributed by atoms with Crippen LogP contribution in [0.1, 0.15) is 68.7 Å². The molecule has 4 aromatic rings. The van der Waals surface area contributed by atoms with Gasteiger partial charge in [-0.15, -0.1) is 0 Å². The van der Waals surface area contributed by atoms with Crippen LogP contribution >= 0.6 is 0 Å². The van der Waals surface area contributed by atoms with Crippen molar-refractivity contribution in [1.29, 1.82) is 0 Å². The molecule has 4 N–H and O–H groups in total. The predicted octanol–water partition coefficient (Wildman–Crippen LogP) is 5.69. The molecule has 2 heterocycles. The van der Waals surface area contributed by atoms with Gasteiger partial charge in [-0.2, -0.15) is 13.2 Å². The molecule has 0 unspecified atom stereocenters. The molecule has 0 aliphatic carbocycles. The van der Waals surface area contributed by atoms with Gasteiger partial charge in [-0.05, 0) is 42.7 Å². The standard InChI is InChI=1S/C29H33F3N6O2/c1-2-26-35-21-8-6-7-10-24(21)38(26)17-16-27(40)36-22(9-4-3-5-11-25(33)39)28-34-18-23(37-28)19-12-14-20(15-13-19)29(30,31)32/h6-8,10,12-15,18,22H,2-5,9,11,16-17H2,1H3,(H2,33,39)(H,34,37)(H,36,40)/t22-/m0/s1. The third-order valence-corrected chi connectivity index (χ3v) is 6.81. The summed E-state index contributed by atoms with van der Waals surface area (Å²) in [7, 11) is 0. The van der Waals surface area contributed by atoms with Gasteiger partial charge in [-0.25, -0.2) is 9.97 Å². The number of para-hydroxylation sites is 2. The number of benzene rings is 2. The van der Waals surface area contributed by atoms with Crippen molar-refractivity contribution in [3.8, 4) is 11.3 Å². The van der Waals surface area contributed by atoms with Crippen LogP contribution in [0, 0.1) is 0 Å². The van der Waals surface area contributed by atoms with Crippen LogP contribution in [0.4, 0.5) is 13.2 Å². The second-order valence-electron chi connectivity index (χ2n) is 9.71. The van der Waals surface area contributed by atoms with Gasteiger partial charge >= 0.3 is 6.18 Å². The first-order valence-corrected chi connectivity index (χ1v) is 13.4. The van der Waals surface area contributed by atoms with Crippen LogP contribution in [0.3, 0.4) is 0 Å². The monoisotopic (exact) mass is 554 g/mol. The van der Waals surface area contributed by atoms with E-state index in [2.05, 4.69) is 24.8 Å². The summed E-state index contributed by atoms with van der Waals surface area (Å²) in [5, 5.41) is 3.07. The number of alkyl halides is 3. The van der Waals surface area contributed by atoms with Crippen LogP contribution < -0.4 is 11.1 Å². The van der Waals surface area contributed by atoms with Crippen molar-refractivity contribution >= 4 is 22.8 Å². The molecule has 0 fully saturated rings. The number of H-pyrrole nitrogens is 1. The van der Waals surface area contributed by atoms with E-state index < -0.39 is 17.8 Å². The zero-order valence-electron chi connectivity index (χ0n) is 22.3. The average Bonchev–Trinajstić information content (AvgIpc) is 3.55. The quantitative estimate of drug-likeness (QED) is 0.184. The summed E-state index contributed by atoms with van der Waals surface area (Å²) in [6.45, 7) is 2.49. The Balaban J connectivity index is 1.46. The van der Waals surface area contributed by atoms with Crippen molar-refractivity contribution in [2.24, 2.45) is 5.73 Å². The molecule has 0 saturated heterocycles. The first kappa shape index (κ1) is 28.8. The van der Waals surface area contributed by atoms with Crippen LogP contribution in [0.5, 0.6) is 0 Å². The van der Waals surface area contributed by atoms with Gasteiger partial charge in [-0.3, -0.25) is 9.59 Å². The van der Waals surface area contributed by atoms with Crippen LogP contribution in [-0.4, -0.2) is 31.3 Å². The number of hydrogen-bond donors (Lipinski definition) is 3. The molecule has 2 amide bonds. The highest BCUT2D eigenvalue weighted by atomic mass is 19.4. The smallest absolute Gasteiger partial charge is 0.370 e. The summed E-state index contributed by atoms with van der Waals surface area (Å²) in [6, 6.07) is 12.2. The zero-order chi connectivity index (χ0) is 28.7. The summed E-state index contributed by atoms with van der Waals surface area (Å²) in [4.78, 5) is 36.4. The molecule has 0 aliphatic rings. The number of hydrogen-bond acceptors (Lipinski definition) is 4. The Bertz CT molecular complexity index is 1440. The Hall–Kier alpha value is -4.15. The Kier molecular flexibility index (Phi) is 9.23. The second-order valence-corrected chi connectivity index (χ2v) is 9.71. The number of primary amides is 1. The molecule has 8 nitrogen and oxygen atoms in total. The van der Waals surface area contributed by atoms with Gasteiger partial charge < -0.3 is 20.6 Å². The summed E-state index contributed by atoms with van der Waals surface area (Å²) < 4.78 is 40.9. The molecule has 2 aromatic carbocycles. The second kappa shape index (κ2) is 12.8. The Morgan fingerprint density at radius 1 is 1.05 bits per heavy atom. The molecule has 4 rings (SSSR count). The predicted molar refractivity (Wildman–Crippen MR) is 146 cm³/mol. The van der Waals surface area contributed by atoms with Crippen molar-refractivity contribution in [3.63, 3.8) is 0 Å². The molecule has 40 heavy (non-hydrogen) atoms. The number of imidazole rings is 2. The maximum atomic E-state index is 13.1. The number of nitrogens with zero attached hydrogens (tertiary/aromatic N) is 3. The number of carbonyl (C=O) groups is 2. The van der Waals surface area contributed by atoms with E-state index in [0.29, 0.717) is 42.9 Å². The number of amides is 2. The lowest BCUT2D eigenvalue weighted by molar-refractivity contribution is -0.137.